The molecule has 0 spiro atoms. The van der Waals surface area contributed by atoms with Gasteiger partial charge in [0.25, 0.3) is 0 Å². The first-order chi connectivity index (χ1) is 9.79. The number of fused-ring (bicyclic) bond motifs is 1. The Morgan fingerprint density at radius 3 is 2.65 bits per heavy atom. The van der Waals surface area contributed by atoms with Gasteiger partial charge in [0.2, 0.25) is 0 Å². The molecule has 0 aliphatic rings. The Balaban J connectivity index is 2.12. The van der Waals surface area contributed by atoms with Gasteiger partial charge < -0.3 is 5.32 Å². The summed E-state index contributed by atoms with van der Waals surface area (Å²) in [5.74, 6) is 0.461. The molecule has 1 aromatic heterocycles. The molecule has 2 aromatic carbocycles. The van der Waals surface area contributed by atoms with Gasteiger partial charge in [0.05, 0.1) is 11.8 Å². The highest BCUT2D eigenvalue weighted by molar-refractivity contribution is 9.10. The Kier molecular flexibility index (Phi) is 3.32. The molecule has 5 heteroatoms. The number of hydrogen-bond acceptors (Lipinski definition) is 4. The van der Waals surface area contributed by atoms with Crippen molar-refractivity contribution >= 4 is 38.2 Å². The van der Waals surface area contributed by atoms with Gasteiger partial charge >= 0.3 is 0 Å². The molecule has 96 valence electrons. The van der Waals surface area contributed by atoms with Crippen molar-refractivity contribution in [3.63, 3.8) is 0 Å². The third kappa shape index (κ3) is 2.22. The molecule has 3 rings (SSSR count). The van der Waals surface area contributed by atoms with Crippen LogP contribution in [0.2, 0.25) is 0 Å². The molecule has 1 heterocycles. The number of aromatic nitrogens is 2. The van der Waals surface area contributed by atoms with E-state index in [1.165, 1.54) is 6.20 Å². The number of nitrogens with one attached hydrogen (secondary N) is 1. The van der Waals surface area contributed by atoms with E-state index in [0.717, 1.165) is 20.9 Å². The predicted octanol–water partition coefficient (Wildman–Crippen LogP) is 4.01. The van der Waals surface area contributed by atoms with Crippen LogP contribution in [0.3, 0.4) is 0 Å². The average molecular weight is 325 g/mol. The van der Waals surface area contributed by atoms with Crippen LogP contribution in [-0.4, -0.2) is 10.2 Å². The fraction of sp³-hybridized carbons (Fsp3) is 0. The summed E-state index contributed by atoms with van der Waals surface area (Å²) in [6.07, 6.45) is 1.50. The standard InChI is InChI=1S/C15H9BrN4/c16-13-5-6-14(12-4-2-1-3-11(12)13)19-15-10(9-17)7-8-18-20-15/h1-8H,(H,19,20). The Morgan fingerprint density at radius 2 is 1.85 bits per heavy atom. The summed E-state index contributed by atoms with van der Waals surface area (Å²) >= 11 is 3.54. The Labute approximate surface area is 124 Å². The number of nitrogens with zero attached hydrogens (tertiary/aromatic N) is 3. The van der Waals surface area contributed by atoms with Crippen LogP contribution in [0.5, 0.6) is 0 Å². The zero-order valence-electron chi connectivity index (χ0n) is 10.3. The molecule has 1 N–H and O–H groups in total. The van der Waals surface area contributed by atoms with Crippen molar-refractivity contribution in [2.24, 2.45) is 0 Å². The normalized spacial score (nSPS) is 10.2. The van der Waals surface area contributed by atoms with Crippen LogP contribution in [0.15, 0.2) is 53.1 Å². The minimum Gasteiger partial charge on any atom is -0.337 e. The summed E-state index contributed by atoms with van der Waals surface area (Å²) < 4.78 is 1.03. The van der Waals surface area contributed by atoms with Crippen molar-refractivity contribution in [2.45, 2.75) is 0 Å². The lowest BCUT2D eigenvalue weighted by atomic mass is 10.1. The van der Waals surface area contributed by atoms with Gasteiger partial charge in [0.1, 0.15) is 6.07 Å². The SMILES string of the molecule is N#Cc1ccnnc1Nc1ccc(Br)c2ccccc12. The molecule has 4 nitrogen and oxygen atoms in total. The van der Waals surface area contributed by atoms with E-state index in [1.807, 2.05) is 36.4 Å². The van der Waals surface area contributed by atoms with E-state index in [9.17, 15) is 0 Å². The van der Waals surface area contributed by atoms with Gasteiger partial charge in [-0.2, -0.15) is 10.4 Å². The lowest BCUT2D eigenvalue weighted by molar-refractivity contribution is 1.03. The average Bonchev–Trinajstić information content (AvgIpc) is 2.51. The number of benzene rings is 2. The van der Waals surface area contributed by atoms with Crippen LogP contribution < -0.4 is 5.32 Å². The van der Waals surface area contributed by atoms with Crippen molar-refractivity contribution in [1.82, 2.24) is 10.2 Å². The molecule has 3 aromatic rings. The molecule has 0 unspecified atom stereocenters. The fourth-order valence-electron chi connectivity index (χ4n) is 2.01. The lowest BCUT2D eigenvalue weighted by Gasteiger charge is -2.10. The molecule has 0 fully saturated rings. The number of halogens is 1. The van der Waals surface area contributed by atoms with Crippen LogP contribution >= 0.6 is 15.9 Å². The van der Waals surface area contributed by atoms with Crippen molar-refractivity contribution in [2.75, 3.05) is 5.32 Å². The van der Waals surface area contributed by atoms with Gasteiger partial charge in [-0.1, -0.05) is 40.2 Å². The largest absolute Gasteiger partial charge is 0.337 e. The van der Waals surface area contributed by atoms with Crippen molar-refractivity contribution in [3.05, 3.63) is 58.7 Å². The molecule has 0 saturated carbocycles. The summed E-state index contributed by atoms with van der Waals surface area (Å²) in [7, 11) is 0. The van der Waals surface area contributed by atoms with Crippen LogP contribution in [-0.2, 0) is 0 Å². The molecule has 0 bridgehead atoms. The third-order valence-electron chi connectivity index (χ3n) is 2.97. The first kappa shape index (κ1) is 12.6. The van der Waals surface area contributed by atoms with E-state index >= 15 is 0 Å². The van der Waals surface area contributed by atoms with Gasteiger partial charge in [0.15, 0.2) is 5.82 Å². The molecular weight excluding hydrogens is 316 g/mol. The van der Waals surface area contributed by atoms with Crippen molar-refractivity contribution in [1.29, 1.82) is 5.26 Å². The fourth-order valence-corrected chi connectivity index (χ4v) is 2.49. The maximum atomic E-state index is 9.09. The Hall–Kier alpha value is -2.45. The highest BCUT2D eigenvalue weighted by Crippen LogP contribution is 2.31. The molecular formula is C15H9BrN4. The number of nitriles is 1. The third-order valence-corrected chi connectivity index (χ3v) is 3.66. The predicted molar refractivity (Wildman–Crippen MR) is 81.7 cm³/mol. The molecule has 0 aliphatic carbocycles. The maximum Gasteiger partial charge on any atom is 0.171 e. The monoisotopic (exact) mass is 324 g/mol. The second-order valence-electron chi connectivity index (χ2n) is 4.17. The number of hydrogen-bond donors (Lipinski definition) is 1. The van der Waals surface area contributed by atoms with Gasteiger partial charge in [-0.25, -0.2) is 0 Å². The highest BCUT2D eigenvalue weighted by Gasteiger charge is 2.08. The zero-order valence-corrected chi connectivity index (χ0v) is 11.9. The Bertz CT molecular complexity index is 823. The Morgan fingerprint density at radius 1 is 1.05 bits per heavy atom. The van der Waals surface area contributed by atoms with Gasteiger partial charge in [-0.3, -0.25) is 0 Å². The summed E-state index contributed by atoms with van der Waals surface area (Å²) in [5.41, 5.74) is 1.35. The molecule has 0 atom stereocenters. The van der Waals surface area contributed by atoms with Gasteiger partial charge in [-0.05, 0) is 23.6 Å². The van der Waals surface area contributed by atoms with Crippen molar-refractivity contribution < 1.29 is 0 Å². The highest BCUT2D eigenvalue weighted by atomic mass is 79.9. The van der Waals surface area contributed by atoms with E-state index in [2.05, 4.69) is 37.5 Å². The smallest absolute Gasteiger partial charge is 0.171 e. The van der Waals surface area contributed by atoms with Gasteiger partial charge in [-0.15, -0.1) is 5.10 Å². The van der Waals surface area contributed by atoms with Crippen LogP contribution in [0.4, 0.5) is 11.5 Å². The number of rotatable bonds is 2. The molecule has 20 heavy (non-hydrogen) atoms. The van der Waals surface area contributed by atoms with E-state index in [0.29, 0.717) is 11.4 Å². The summed E-state index contributed by atoms with van der Waals surface area (Å²) in [4.78, 5) is 0. The summed E-state index contributed by atoms with van der Waals surface area (Å²) in [5, 5.41) is 22.2. The first-order valence-electron chi connectivity index (χ1n) is 5.95. The van der Waals surface area contributed by atoms with E-state index in [1.54, 1.807) is 6.07 Å². The van der Waals surface area contributed by atoms with Crippen LogP contribution in [0.1, 0.15) is 5.56 Å². The molecule has 0 aliphatic heterocycles. The molecule has 0 radical (unpaired) electrons. The summed E-state index contributed by atoms with van der Waals surface area (Å²) in [6.45, 7) is 0. The lowest BCUT2D eigenvalue weighted by Crippen LogP contribution is -1.99. The topological polar surface area (TPSA) is 61.6 Å². The van der Waals surface area contributed by atoms with E-state index in [-0.39, 0.29) is 0 Å². The minimum atomic E-state index is 0.461. The summed E-state index contributed by atoms with van der Waals surface area (Å²) in [6, 6.07) is 15.7. The maximum absolute atomic E-state index is 9.09. The first-order valence-corrected chi connectivity index (χ1v) is 6.75. The van der Waals surface area contributed by atoms with E-state index < -0.39 is 0 Å². The van der Waals surface area contributed by atoms with Crippen molar-refractivity contribution in [3.8, 4) is 6.07 Å². The van der Waals surface area contributed by atoms with Crippen LogP contribution in [0.25, 0.3) is 10.8 Å². The second kappa shape index (κ2) is 5.27. The van der Waals surface area contributed by atoms with E-state index in [4.69, 9.17) is 5.26 Å². The zero-order chi connectivity index (χ0) is 13.9. The number of anilines is 2. The van der Waals surface area contributed by atoms with Gasteiger partial charge in [0, 0.05) is 15.5 Å². The second-order valence-corrected chi connectivity index (χ2v) is 5.03. The van der Waals surface area contributed by atoms with Crippen LogP contribution in [0, 0.1) is 11.3 Å². The quantitative estimate of drug-likeness (QED) is 0.773. The molecule has 0 amide bonds. The molecule has 0 saturated heterocycles. The minimum absolute atomic E-state index is 0.461.